The second kappa shape index (κ2) is 3.73. The van der Waals surface area contributed by atoms with Gasteiger partial charge in [0.2, 0.25) is 0 Å². The highest BCUT2D eigenvalue weighted by Gasteiger charge is 2.32. The molecule has 1 aliphatic carbocycles. The van der Waals surface area contributed by atoms with Crippen molar-refractivity contribution in [2.45, 2.75) is 38.5 Å². The molecular formula is C9H15NO. The number of rotatable bonds is 3. The molecule has 0 aliphatic heterocycles. The molecule has 11 heavy (non-hydrogen) atoms. The summed E-state index contributed by atoms with van der Waals surface area (Å²) in [5.41, 5.74) is 0.121. The SMILES string of the molecule is N#CCCC1(CO)CCCC1. The highest BCUT2D eigenvalue weighted by molar-refractivity contribution is 4.87. The van der Waals surface area contributed by atoms with E-state index in [1.54, 1.807) is 0 Å². The topological polar surface area (TPSA) is 44.0 Å². The van der Waals surface area contributed by atoms with Crippen molar-refractivity contribution in [1.29, 1.82) is 5.26 Å². The average molecular weight is 153 g/mol. The zero-order valence-electron chi connectivity index (χ0n) is 6.84. The number of hydrogen-bond donors (Lipinski definition) is 1. The number of aliphatic hydroxyl groups excluding tert-OH is 1. The minimum absolute atomic E-state index is 0.121. The van der Waals surface area contributed by atoms with Crippen LogP contribution in [-0.4, -0.2) is 11.7 Å². The minimum Gasteiger partial charge on any atom is -0.396 e. The van der Waals surface area contributed by atoms with Gasteiger partial charge >= 0.3 is 0 Å². The van der Waals surface area contributed by atoms with E-state index in [-0.39, 0.29) is 12.0 Å². The van der Waals surface area contributed by atoms with Gasteiger partial charge in [0.25, 0.3) is 0 Å². The van der Waals surface area contributed by atoms with Gasteiger partial charge in [0, 0.05) is 13.0 Å². The third kappa shape index (κ3) is 1.94. The molecule has 0 heterocycles. The van der Waals surface area contributed by atoms with Crippen LogP contribution in [0, 0.1) is 16.7 Å². The summed E-state index contributed by atoms with van der Waals surface area (Å²) >= 11 is 0. The molecule has 0 aromatic heterocycles. The van der Waals surface area contributed by atoms with Crippen molar-refractivity contribution < 1.29 is 5.11 Å². The lowest BCUT2D eigenvalue weighted by molar-refractivity contribution is 0.122. The third-order valence-electron chi connectivity index (χ3n) is 2.77. The van der Waals surface area contributed by atoms with Crippen LogP contribution in [0.2, 0.25) is 0 Å². The summed E-state index contributed by atoms with van der Waals surface area (Å²) < 4.78 is 0. The molecule has 1 N–H and O–H groups in total. The van der Waals surface area contributed by atoms with Crippen LogP contribution in [-0.2, 0) is 0 Å². The van der Waals surface area contributed by atoms with Gasteiger partial charge in [0.15, 0.2) is 0 Å². The van der Waals surface area contributed by atoms with Gasteiger partial charge in [-0.15, -0.1) is 0 Å². The van der Waals surface area contributed by atoms with Gasteiger partial charge in [-0.1, -0.05) is 12.8 Å². The summed E-state index contributed by atoms with van der Waals surface area (Å²) in [5, 5.41) is 17.5. The van der Waals surface area contributed by atoms with E-state index in [0.29, 0.717) is 6.42 Å². The van der Waals surface area contributed by atoms with E-state index < -0.39 is 0 Å². The van der Waals surface area contributed by atoms with E-state index in [2.05, 4.69) is 6.07 Å². The standard InChI is InChI=1S/C9H15NO/c10-7-3-6-9(8-11)4-1-2-5-9/h11H,1-6,8H2. The average Bonchev–Trinajstić information content (AvgIpc) is 2.50. The van der Waals surface area contributed by atoms with E-state index in [9.17, 15) is 0 Å². The fourth-order valence-electron chi connectivity index (χ4n) is 1.93. The van der Waals surface area contributed by atoms with E-state index in [4.69, 9.17) is 10.4 Å². The zero-order chi connectivity index (χ0) is 8.16. The van der Waals surface area contributed by atoms with Crippen molar-refractivity contribution in [3.8, 4) is 6.07 Å². The second-order valence-corrected chi connectivity index (χ2v) is 3.52. The van der Waals surface area contributed by atoms with Crippen LogP contribution in [0.5, 0.6) is 0 Å². The molecule has 1 rings (SSSR count). The van der Waals surface area contributed by atoms with Crippen molar-refractivity contribution in [1.82, 2.24) is 0 Å². The molecule has 0 aromatic carbocycles. The number of nitrogens with zero attached hydrogens (tertiary/aromatic N) is 1. The molecule has 0 unspecified atom stereocenters. The summed E-state index contributed by atoms with van der Waals surface area (Å²) in [4.78, 5) is 0. The Morgan fingerprint density at radius 1 is 1.36 bits per heavy atom. The molecule has 2 nitrogen and oxygen atoms in total. The van der Waals surface area contributed by atoms with Gasteiger partial charge in [-0.25, -0.2) is 0 Å². The summed E-state index contributed by atoms with van der Waals surface area (Å²) in [6.45, 7) is 0.272. The highest BCUT2D eigenvalue weighted by Crippen LogP contribution is 2.41. The van der Waals surface area contributed by atoms with Crippen LogP contribution >= 0.6 is 0 Å². The number of nitriles is 1. The molecule has 0 aromatic rings. The van der Waals surface area contributed by atoms with Gasteiger partial charge < -0.3 is 5.11 Å². The second-order valence-electron chi connectivity index (χ2n) is 3.52. The lowest BCUT2D eigenvalue weighted by Crippen LogP contribution is -2.20. The maximum Gasteiger partial charge on any atom is 0.0621 e. The third-order valence-corrected chi connectivity index (χ3v) is 2.77. The molecular weight excluding hydrogens is 138 g/mol. The van der Waals surface area contributed by atoms with E-state index in [1.165, 1.54) is 12.8 Å². The van der Waals surface area contributed by atoms with Crippen LogP contribution in [0.25, 0.3) is 0 Å². The Morgan fingerprint density at radius 2 is 2.00 bits per heavy atom. The predicted molar refractivity (Wildman–Crippen MR) is 42.8 cm³/mol. The van der Waals surface area contributed by atoms with Crippen molar-refractivity contribution in [2.75, 3.05) is 6.61 Å². The molecule has 0 bridgehead atoms. The number of hydrogen-bond acceptors (Lipinski definition) is 2. The Kier molecular flexibility index (Phi) is 2.90. The Balaban J connectivity index is 2.40. The fourth-order valence-corrected chi connectivity index (χ4v) is 1.93. The Bertz CT molecular complexity index is 153. The Hall–Kier alpha value is -0.550. The number of aliphatic hydroxyl groups is 1. The lowest BCUT2D eigenvalue weighted by atomic mass is 9.83. The Labute approximate surface area is 67.8 Å². The van der Waals surface area contributed by atoms with Crippen LogP contribution in [0.15, 0.2) is 0 Å². The molecule has 0 amide bonds. The van der Waals surface area contributed by atoms with E-state index >= 15 is 0 Å². The molecule has 1 saturated carbocycles. The Morgan fingerprint density at radius 3 is 2.45 bits per heavy atom. The normalized spacial score (nSPS) is 21.5. The van der Waals surface area contributed by atoms with Gasteiger partial charge in [0.1, 0.15) is 0 Å². The molecule has 62 valence electrons. The molecule has 0 radical (unpaired) electrons. The van der Waals surface area contributed by atoms with Crippen molar-refractivity contribution in [3.05, 3.63) is 0 Å². The molecule has 0 spiro atoms. The summed E-state index contributed by atoms with van der Waals surface area (Å²) in [5.74, 6) is 0. The zero-order valence-corrected chi connectivity index (χ0v) is 6.84. The molecule has 1 fully saturated rings. The molecule has 2 heteroatoms. The van der Waals surface area contributed by atoms with Gasteiger partial charge in [0.05, 0.1) is 6.07 Å². The van der Waals surface area contributed by atoms with Crippen LogP contribution in [0.4, 0.5) is 0 Å². The first-order chi connectivity index (χ1) is 5.33. The van der Waals surface area contributed by atoms with Crippen molar-refractivity contribution >= 4 is 0 Å². The van der Waals surface area contributed by atoms with Crippen LogP contribution in [0.1, 0.15) is 38.5 Å². The monoisotopic (exact) mass is 153 g/mol. The predicted octanol–water partition coefficient (Wildman–Crippen LogP) is 1.84. The van der Waals surface area contributed by atoms with Crippen LogP contribution < -0.4 is 0 Å². The van der Waals surface area contributed by atoms with Gasteiger partial charge in [-0.3, -0.25) is 0 Å². The summed E-state index contributed by atoms with van der Waals surface area (Å²) in [6, 6.07) is 2.14. The largest absolute Gasteiger partial charge is 0.396 e. The maximum atomic E-state index is 9.13. The first-order valence-electron chi connectivity index (χ1n) is 4.31. The minimum atomic E-state index is 0.121. The maximum absolute atomic E-state index is 9.13. The molecule has 0 atom stereocenters. The molecule has 0 saturated heterocycles. The lowest BCUT2D eigenvalue weighted by Gasteiger charge is -2.24. The van der Waals surface area contributed by atoms with Crippen molar-refractivity contribution in [3.63, 3.8) is 0 Å². The van der Waals surface area contributed by atoms with Crippen molar-refractivity contribution in [2.24, 2.45) is 5.41 Å². The first-order valence-corrected chi connectivity index (χ1v) is 4.31. The fraction of sp³-hybridized carbons (Fsp3) is 0.889. The van der Waals surface area contributed by atoms with Crippen LogP contribution in [0.3, 0.4) is 0 Å². The smallest absolute Gasteiger partial charge is 0.0621 e. The highest BCUT2D eigenvalue weighted by atomic mass is 16.3. The first kappa shape index (κ1) is 8.55. The van der Waals surface area contributed by atoms with Gasteiger partial charge in [-0.05, 0) is 24.7 Å². The van der Waals surface area contributed by atoms with Gasteiger partial charge in [-0.2, -0.15) is 5.26 Å². The van der Waals surface area contributed by atoms with E-state index in [1.807, 2.05) is 0 Å². The summed E-state index contributed by atoms with van der Waals surface area (Å²) in [6.07, 6.45) is 6.18. The quantitative estimate of drug-likeness (QED) is 0.672. The molecule has 1 aliphatic rings. The van der Waals surface area contributed by atoms with E-state index in [0.717, 1.165) is 19.3 Å². The summed E-state index contributed by atoms with van der Waals surface area (Å²) in [7, 11) is 0.